The Labute approximate surface area is 110 Å². The van der Waals surface area contributed by atoms with Gasteiger partial charge in [-0.3, -0.25) is 4.79 Å². The Hall–Kier alpha value is -1.55. The number of ether oxygens (including phenoxy) is 1. The molecule has 1 aromatic rings. The van der Waals surface area contributed by atoms with E-state index in [4.69, 9.17) is 16.3 Å². The summed E-state index contributed by atoms with van der Waals surface area (Å²) < 4.78 is 5.19. The quantitative estimate of drug-likeness (QED) is 0.725. The first-order valence-corrected chi connectivity index (χ1v) is 5.99. The minimum absolute atomic E-state index is 0.169. The molecule has 0 aromatic heterocycles. The number of carbonyl (C=O) groups is 2. The average Bonchev–Trinajstić information content (AvgIpc) is 2.56. The van der Waals surface area contributed by atoms with Crippen LogP contribution in [-0.4, -0.2) is 22.5 Å². The summed E-state index contributed by atoms with van der Waals surface area (Å²) in [5.41, 5.74) is 0.513. The van der Waals surface area contributed by atoms with Crippen LogP contribution in [0, 0.1) is 0 Å². The molecule has 0 spiro atoms. The number of benzene rings is 1. The Morgan fingerprint density at radius 3 is 2.61 bits per heavy atom. The van der Waals surface area contributed by atoms with Gasteiger partial charge in [0.2, 0.25) is 0 Å². The zero-order valence-corrected chi connectivity index (χ0v) is 11.2. The molecule has 1 aliphatic heterocycles. The third kappa shape index (κ3) is 2.34. The lowest BCUT2D eigenvalue weighted by Gasteiger charge is -2.23. The number of amides is 2. The Balaban J connectivity index is 2.24. The molecule has 5 heteroatoms. The summed E-state index contributed by atoms with van der Waals surface area (Å²) in [6.07, 6.45) is -0.639. The van der Waals surface area contributed by atoms with Crippen molar-refractivity contribution in [1.82, 2.24) is 4.90 Å². The van der Waals surface area contributed by atoms with E-state index in [-0.39, 0.29) is 12.5 Å². The number of carbonyl (C=O) groups excluding carboxylic acids is 2. The zero-order valence-electron chi connectivity index (χ0n) is 10.5. The monoisotopic (exact) mass is 267 g/mol. The molecule has 0 saturated carbocycles. The summed E-state index contributed by atoms with van der Waals surface area (Å²) in [5.74, 6) is -0.359. The first-order chi connectivity index (χ1) is 8.29. The smallest absolute Gasteiger partial charge is 0.417 e. The van der Waals surface area contributed by atoms with Gasteiger partial charge in [-0.2, -0.15) is 0 Å². The molecule has 0 N–H and O–H groups in total. The maximum Gasteiger partial charge on any atom is 0.417 e. The van der Waals surface area contributed by atoms with Crippen molar-refractivity contribution in [2.45, 2.75) is 32.9 Å². The SMILES string of the molecule is CC(C)(C)OC(=O)N1Cc2c(Cl)cccc2C1=O. The molecule has 96 valence electrons. The van der Waals surface area contributed by atoms with Gasteiger partial charge in [0, 0.05) is 16.1 Å². The van der Waals surface area contributed by atoms with Crippen molar-refractivity contribution in [2.75, 3.05) is 0 Å². The van der Waals surface area contributed by atoms with Gasteiger partial charge in [0.05, 0.1) is 6.54 Å². The normalized spacial score (nSPS) is 14.7. The van der Waals surface area contributed by atoms with Gasteiger partial charge in [0.25, 0.3) is 5.91 Å². The van der Waals surface area contributed by atoms with Crippen LogP contribution >= 0.6 is 11.6 Å². The molecule has 18 heavy (non-hydrogen) atoms. The highest BCUT2D eigenvalue weighted by atomic mass is 35.5. The number of fused-ring (bicyclic) bond motifs is 1. The predicted molar refractivity (Wildman–Crippen MR) is 67.6 cm³/mol. The van der Waals surface area contributed by atoms with Crippen molar-refractivity contribution in [2.24, 2.45) is 0 Å². The highest BCUT2D eigenvalue weighted by Gasteiger charge is 2.35. The van der Waals surface area contributed by atoms with Gasteiger partial charge in [-0.25, -0.2) is 9.69 Å². The van der Waals surface area contributed by atoms with Gasteiger partial charge in [-0.15, -0.1) is 0 Å². The minimum atomic E-state index is -0.639. The number of hydrogen-bond donors (Lipinski definition) is 0. The van der Waals surface area contributed by atoms with Crippen molar-refractivity contribution in [3.63, 3.8) is 0 Å². The maximum absolute atomic E-state index is 12.0. The molecule has 1 aromatic carbocycles. The Kier molecular flexibility index (Phi) is 3.07. The molecule has 1 heterocycles. The van der Waals surface area contributed by atoms with Crippen LogP contribution < -0.4 is 0 Å². The van der Waals surface area contributed by atoms with Gasteiger partial charge in [0.15, 0.2) is 0 Å². The van der Waals surface area contributed by atoms with Gasteiger partial charge in [0.1, 0.15) is 5.60 Å². The zero-order chi connectivity index (χ0) is 13.5. The van der Waals surface area contributed by atoms with E-state index in [0.29, 0.717) is 16.1 Å². The number of rotatable bonds is 0. The largest absolute Gasteiger partial charge is 0.443 e. The van der Waals surface area contributed by atoms with Crippen molar-refractivity contribution in [1.29, 1.82) is 0 Å². The fraction of sp³-hybridized carbons (Fsp3) is 0.385. The molecule has 0 atom stereocenters. The summed E-state index contributed by atoms with van der Waals surface area (Å²) in [4.78, 5) is 25.0. The van der Waals surface area contributed by atoms with Gasteiger partial charge >= 0.3 is 6.09 Å². The molecule has 2 amide bonds. The number of halogens is 1. The molecule has 1 aliphatic rings. The van der Waals surface area contributed by atoms with E-state index in [1.165, 1.54) is 0 Å². The van der Waals surface area contributed by atoms with Gasteiger partial charge in [-0.05, 0) is 32.9 Å². The van der Waals surface area contributed by atoms with Crippen molar-refractivity contribution >= 4 is 23.6 Å². The molecule has 0 bridgehead atoms. The van der Waals surface area contributed by atoms with Crippen LogP contribution in [0.3, 0.4) is 0 Å². The second-order valence-corrected chi connectivity index (χ2v) is 5.54. The highest BCUT2D eigenvalue weighted by molar-refractivity contribution is 6.32. The van der Waals surface area contributed by atoms with E-state index < -0.39 is 11.7 Å². The number of imide groups is 1. The van der Waals surface area contributed by atoms with Crippen LogP contribution in [0.5, 0.6) is 0 Å². The van der Waals surface area contributed by atoms with E-state index in [1.54, 1.807) is 39.0 Å². The van der Waals surface area contributed by atoms with Crippen LogP contribution in [0.4, 0.5) is 4.79 Å². The van der Waals surface area contributed by atoms with E-state index in [9.17, 15) is 9.59 Å². The second-order valence-electron chi connectivity index (χ2n) is 5.14. The Morgan fingerprint density at radius 2 is 2.06 bits per heavy atom. The van der Waals surface area contributed by atoms with Gasteiger partial charge in [-0.1, -0.05) is 17.7 Å². The topological polar surface area (TPSA) is 46.6 Å². The van der Waals surface area contributed by atoms with Crippen LogP contribution in [0.15, 0.2) is 18.2 Å². The third-order valence-corrected chi connectivity index (χ3v) is 2.88. The van der Waals surface area contributed by atoms with E-state index in [0.717, 1.165) is 4.90 Å². The van der Waals surface area contributed by atoms with Crippen LogP contribution in [0.1, 0.15) is 36.7 Å². The van der Waals surface area contributed by atoms with E-state index >= 15 is 0 Å². The second kappa shape index (κ2) is 4.28. The van der Waals surface area contributed by atoms with E-state index in [2.05, 4.69) is 0 Å². The summed E-state index contributed by atoms with van der Waals surface area (Å²) >= 11 is 6.01. The predicted octanol–water partition coefficient (Wildman–Crippen LogP) is 3.23. The molecule has 0 aliphatic carbocycles. The van der Waals surface area contributed by atoms with Crippen LogP contribution in [0.25, 0.3) is 0 Å². The Morgan fingerprint density at radius 1 is 1.39 bits per heavy atom. The summed E-state index contributed by atoms with van der Waals surface area (Å²) in [6, 6.07) is 5.05. The fourth-order valence-electron chi connectivity index (χ4n) is 1.76. The molecular weight excluding hydrogens is 254 g/mol. The van der Waals surface area contributed by atoms with E-state index in [1.807, 2.05) is 0 Å². The molecule has 0 radical (unpaired) electrons. The summed E-state index contributed by atoms with van der Waals surface area (Å²) in [6.45, 7) is 5.44. The standard InChI is InChI=1S/C13H14ClNO3/c1-13(2,3)18-12(17)15-7-9-8(11(15)16)5-4-6-10(9)14/h4-6H,7H2,1-3H3. The van der Waals surface area contributed by atoms with Gasteiger partial charge < -0.3 is 4.74 Å². The Bertz CT molecular complexity index is 519. The summed E-state index contributed by atoms with van der Waals surface area (Å²) in [5, 5.41) is 0.493. The maximum atomic E-state index is 12.0. The lowest BCUT2D eigenvalue weighted by Crippen LogP contribution is -2.36. The molecule has 0 saturated heterocycles. The number of nitrogens with zero attached hydrogens (tertiary/aromatic N) is 1. The van der Waals surface area contributed by atoms with Crippen molar-refractivity contribution < 1.29 is 14.3 Å². The fourth-order valence-corrected chi connectivity index (χ4v) is 1.99. The summed E-state index contributed by atoms with van der Waals surface area (Å²) in [7, 11) is 0. The molecule has 0 unspecified atom stereocenters. The minimum Gasteiger partial charge on any atom is -0.443 e. The lowest BCUT2D eigenvalue weighted by molar-refractivity contribution is 0.0248. The van der Waals surface area contributed by atoms with Crippen molar-refractivity contribution in [3.05, 3.63) is 34.3 Å². The molecular formula is C13H14ClNO3. The van der Waals surface area contributed by atoms with Crippen LogP contribution in [0.2, 0.25) is 5.02 Å². The molecule has 0 fully saturated rings. The first-order valence-electron chi connectivity index (χ1n) is 5.62. The lowest BCUT2D eigenvalue weighted by atomic mass is 10.1. The average molecular weight is 268 g/mol. The number of hydrogen-bond acceptors (Lipinski definition) is 3. The molecule has 2 rings (SSSR count). The third-order valence-electron chi connectivity index (χ3n) is 2.52. The molecule has 4 nitrogen and oxygen atoms in total. The van der Waals surface area contributed by atoms with Crippen molar-refractivity contribution in [3.8, 4) is 0 Å². The first kappa shape index (κ1) is 12.9. The van der Waals surface area contributed by atoms with Crippen LogP contribution in [-0.2, 0) is 11.3 Å². The highest BCUT2D eigenvalue weighted by Crippen LogP contribution is 2.29.